The molecule has 230 valence electrons. The van der Waals surface area contributed by atoms with E-state index < -0.39 is 36.1 Å². The van der Waals surface area contributed by atoms with Gasteiger partial charge in [-0.3, -0.25) is 24.1 Å². The van der Waals surface area contributed by atoms with Gasteiger partial charge in [0.25, 0.3) is 17.6 Å². The van der Waals surface area contributed by atoms with Crippen molar-refractivity contribution in [2.75, 3.05) is 38.1 Å². The molecule has 3 amide bonds. The van der Waals surface area contributed by atoms with Gasteiger partial charge in [0.1, 0.15) is 29.8 Å². The summed E-state index contributed by atoms with van der Waals surface area (Å²) >= 11 is 0. The van der Waals surface area contributed by atoms with Crippen molar-refractivity contribution in [2.45, 2.75) is 19.5 Å². The van der Waals surface area contributed by atoms with Crippen molar-refractivity contribution in [3.05, 3.63) is 113 Å². The lowest BCUT2D eigenvalue weighted by molar-refractivity contribution is -0.139. The molecule has 1 heterocycles. The van der Waals surface area contributed by atoms with Gasteiger partial charge in [-0.25, -0.2) is 0 Å². The summed E-state index contributed by atoms with van der Waals surface area (Å²) in [6.07, 6.45) is 0. The molecule has 1 aliphatic rings. The zero-order chi connectivity index (χ0) is 32.1. The lowest BCUT2D eigenvalue weighted by Crippen LogP contribution is -2.46. The number of benzene rings is 4. The van der Waals surface area contributed by atoms with E-state index in [2.05, 4.69) is 5.32 Å². The molecule has 4 aromatic carbocycles. The number of fused-ring (bicyclic) bond motifs is 1. The van der Waals surface area contributed by atoms with E-state index in [0.29, 0.717) is 34.2 Å². The summed E-state index contributed by atoms with van der Waals surface area (Å²) in [4.78, 5) is 56.9. The minimum Gasteiger partial charge on any atom is -0.497 e. The van der Waals surface area contributed by atoms with Crippen LogP contribution >= 0.6 is 0 Å². The van der Waals surface area contributed by atoms with Crippen molar-refractivity contribution in [3.8, 4) is 17.2 Å². The summed E-state index contributed by atoms with van der Waals surface area (Å²) in [5.74, 6) is -1.17. The Kier molecular flexibility index (Phi) is 9.13. The first kappa shape index (κ1) is 30.8. The average Bonchev–Trinajstić information content (AvgIpc) is 3.30. The molecule has 10 nitrogen and oxygen atoms in total. The molecule has 10 heteroatoms. The van der Waals surface area contributed by atoms with Crippen LogP contribution in [-0.4, -0.2) is 56.3 Å². The maximum Gasteiger partial charge on any atom is 0.299 e. The van der Waals surface area contributed by atoms with Crippen molar-refractivity contribution in [2.24, 2.45) is 0 Å². The Hall–Kier alpha value is -5.64. The predicted molar refractivity (Wildman–Crippen MR) is 169 cm³/mol. The van der Waals surface area contributed by atoms with Gasteiger partial charge in [-0.15, -0.1) is 0 Å². The van der Waals surface area contributed by atoms with Gasteiger partial charge in [0.2, 0.25) is 5.91 Å². The third-order valence-electron chi connectivity index (χ3n) is 7.60. The molecule has 0 spiro atoms. The molecular formula is C35H33N3O7. The van der Waals surface area contributed by atoms with Crippen molar-refractivity contribution < 1.29 is 33.4 Å². The second kappa shape index (κ2) is 13.3. The largest absolute Gasteiger partial charge is 0.497 e. The highest BCUT2D eigenvalue weighted by Gasteiger charge is 2.39. The zero-order valence-corrected chi connectivity index (χ0v) is 25.4. The molecule has 0 saturated heterocycles. The second-order valence-corrected chi connectivity index (χ2v) is 10.5. The number of nitrogens with one attached hydrogen (secondary N) is 1. The van der Waals surface area contributed by atoms with Crippen LogP contribution in [0.15, 0.2) is 91.0 Å². The number of carbonyl (C=O) groups is 4. The summed E-state index contributed by atoms with van der Waals surface area (Å²) < 4.78 is 16.2. The Morgan fingerprint density at radius 2 is 1.53 bits per heavy atom. The number of methoxy groups -OCH3 is 3. The molecule has 0 aliphatic carbocycles. The molecule has 0 radical (unpaired) electrons. The number of carbonyl (C=O) groups excluding carboxylic acids is 4. The number of nitrogens with zero attached hydrogens (tertiary/aromatic N) is 2. The van der Waals surface area contributed by atoms with Crippen LogP contribution in [0.2, 0.25) is 0 Å². The molecule has 0 saturated carbocycles. The number of rotatable bonds is 11. The third kappa shape index (κ3) is 6.50. The van der Waals surface area contributed by atoms with Gasteiger partial charge < -0.3 is 24.4 Å². The quantitative estimate of drug-likeness (QED) is 0.240. The summed E-state index contributed by atoms with van der Waals surface area (Å²) in [6.45, 7) is 1.54. The number of Topliss-reactive ketones (excluding diaryl/α,β-unsaturated/α-hetero) is 1. The number of amides is 3. The van der Waals surface area contributed by atoms with E-state index >= 15 is 0 Å². The molecular weight excluding hydrogens is 574 g/mol. The second-order valence-electron chi connectivity index (χ2n) is 10.5. The molecule has 1 atom stereocenters. The molecule has 5 rings (SSSR count). The van der Waals surface area contributed by atoms with Crippen LogP contribution in [0.5, 0.6) is 17.2 Å². The number of anilines is 2. The number of ketones is 1. The minimum absolute atomic E-state index is 0.0335. The van der Waals surface area contributed by atoms with Gasteiger partial charge in [0.15, 0.2) is 0 Å². The summed E-state index contributed by atoms with van der Waals surface area (Å²) in [5.41, 5.74) is 3.22. The van der Waals surface area contributed by atoms with Crippen molar-refractivity contribution >= 4 is 34.9 Å². The van der Waals surface area contributed by atoms with Crippen LogP contribution in [0, 0.1) is 6.92 Å². The fourth-order valence-electron chi connectivity index (χ4n) is 5.23. The van der Waals surface area contributed by atoms with Crippen LogP contribution in [-0.2, 0) is 20.9 Å². The molecule has 45 heavy (non-hydrogen) atoms. The van der Waals surface area contributed by atoms with Crippen LogP contribution in [0.3, 0.4) is 0 Å². The van der Waals surface area contributed by atoms with Gasteiger partial charge >= 0.3 is 0 Å². The Morgan fingerprint density at radius 3 is 2.24 bits per heavy atom. The van der Waals surface area contributed by atoms with Crippen LogP contribution in [0.1, 0.15) is 33.1 Å². The van der Waals surface area contributed by atoms with Crippen molar-refractivity contribution in [1.82, 2.24) is 4.90 Å². The lowest BCUT2D eigenvalue weighted by Gasteiger charge is -2.33. The fraction of sp³-hybridized carbons (Fsp3) is 0.200. The van der Waals surface area contributed by atoms with E-state index in [9.17, 15) is 19.2 Å². The van der Waals surface area contributed by atoms with E-state index in [1.807, 2.05) is 31.2 Å². The maximum absolute atomic E-state index is 14.3. The molecule has 0 bridgehead atoms. The smallest absolute Gasteiger partial charge is 0.299 e. The average molecular weight is 608 g/mol. The lowest BCUT2D eigenvalue weighted by atomic mass is 10.0. The maximum atomic E-state index is 14.3. The van der Waals surface area contributed by atoms with Crippen LogP contribution < -0.4 is 24.4 Å². The van der Waals surface area contributed by atoms with Gasteiger partial charge in [-0.05, 0) is 54.4 Å². The minimum atomic E-state index is -1.18. The summed E-state index contributed by atoms with van der Waals surface area (Å²) in [5, 5.41) is 2.92. The molecule has 4 aromatic rings. The van der Waals surface area contributed by atoms with E-state index in [4.69, 9.17) is 14.2 Å². The summed E-state index contributed by atoms with van der Waals surface area (Å²) in [6, 6.07) is 24.8. The van der Waals surface area contributed by atoms with E-state index in [-0.39, 0.29) is 12.1 Å². The first-order valence-corrected chi connectivity index (χ1v) is 14.2. The Labute approximate surface area is 261 Å². The number of ether oxygens (including phenoxy) is 3. The Bertz CT molecular complexity index is 1750. The number of hydrogen-bond donors (Lipinski definition) is 1. The van der Waals surface area contributed by atoms with E-state index in [1.54, 1.807) is 66.7 Å². The molecule has 0 aromatic heterocycles. The predicted octanol–water partition coefficient (Wildman–Crippen LogP) is 4.96. The standard InChI is InChI=1S/C35H33N3O7/c1-22-12-14-23(15-13-22)20-38(31(39)21-37-29-11-6-5-10-27(29)33(40)35(37)42)32(24-8-7-9-25(18-24)43-2)34(41)36-28-17-16-26(44-3)19-30(28)45-4/h5-19,32H,20-21H2,1-4H3,(H,36,41). The van der Waals surface area contributed by atoms with E-state index in [1.165, 1.54) is 26.2 Å². The Morgan fingerprint density at radius 1 is 0.822 bits per heavy atom. The molecule has 1 N–H and O–H groups in total. The number of para-hydroxylation sites is 1. The topological polar surface area (TPSA) is 114 Å². The summed E-state index contributed by atoms with van der Waals surface area (Å²) in [7, 11) is 4.51. The van der Waals surface area contributed by atoms with Gasteiger partial charge in [-0.1, -0.05) is 54.1 Å². The highest BCUT2D eigenvalue weighted by Crippen LogP contribution is 2.34. The van der Waals surface area contributed by atoms with Gasteiger partial charge in [0.05, 0.1) is 38.3 Å². The van der Waals surface area contributed by atoms with Gasteiger partial charge in [-0.2, -0.15) is 0 Å². The first-order valence-electron chi connectivity index (χ1n) is 14.2. The Balaban J connectivity index is 1.58. The monoisotopic (exact) mass is 607 g/mol. The SMILES string of the molecule is COc1cccc(C(C(=O)Nc2ccc(OC)cc2OC)N(Cc2ccc(C)cc2)C(=O)CN2C(=O)C(=O)c3ccccc32)c1. The normalized spacial score (nSPS) is 12.8. The highest BCUT2D eigenvalue weighted by atomic mass is 16.5. The zero-order valence-electron chi connectivity index (χ0n) is 25.4. The van der Waals surface area contributed by atoms with Crippen LogP contribution in [0.4, 0.5) is 11.4 Å². The highest BCUT2D eigenvalue weighted by molar-refractivity contribution is 6.52. The number of hydrogen-bond acceptors (Lipinski definition) is 7. The number of aryl methyl sites for hydroxylation is 1. The molecule has 1 unspecified atom stereocenters. The van der Waals surface area contributed by atoms with Crippen LogP contribution in [0.25, 0.3) is 0 Å². The third-order valence-corrected chi connectivity index (χ3v) is 7.60. The molecule has 1 aliphatic heterocycles. The van der Waals surface area contributed by atoms with Crippen molar-refractivity contribution in [3.63, 3.8) is 0 Å². The van der Waals surface area contributed by atoms with Gasteiger partial charge in [0, 0.05) is 12.6 Å². The van der Waals surface area contributed by atoms with E-state index in [0.717, 1.165) is 16.0 Å². The molecule has 0 fully saturated rings. The fourth-order valence-corrected chi connectivity index (χ4v) is 5.23. The van der Waals surface area contributed by atoms with Crippen molar-refractivity contribution in [1.29, 1.82) is 0 Å². The first-order chi connectivity index (χ1) is 21.7.